The van der Waals surface area contributed by atoms with E-state index in [1.807, 2.05) is 56.3 Å². The monoisotopic (exact) mass is 437 g/mol. The molecule has 1 atom stereocenters. The van der Waals surface area contributed by atoms with Crippen molar-refractivity contribution in [3.63, 3.8) is 0 Å². The Balaban J connectivity index is 1.80. The summed E-state index contributed by atoms with van der Waals surface area (Å²) in [5.41, 5.74) is 5.07. The third-order valence-corrected chi connectivity index (χ3v) is 5.45. The Kier molecular flexibility index (Phi) is 7.89. The average Bonchev–Trinajstić information content (AvgIpc) is 2.78. The van der Waals surface area contributed by atoms with E-state index in [-0.39, 0.29) is 12.6 Å². The number of hydrogen-bond donors (Lipinski definition) is 3. The van der Waals surface area contributed by atoms with Gasteiger partial charge in [0.1, 0.15) is 5.75 Å². The number of hydrogen-bond acceptors (Lipinski definition) is 5. The van der Waals surface area contributed by atoms with Gasteiger partial charge in [-0.15, -0.1) is 0 Å². The molecule has 1 unspecified atom stereocenters. The lowest BCUT2D eigenvalue weighted by Crippen LogP contribution is -2.48. The molecule has 1 heterocycles. The van der Waals surface area contributed by atoms with E-state index in [9.17, 15) is 9.59 Å². The van der Waals surface area contributed by atoms with Crippen molar-refractivity contribution in [3.05, 3.63) is 76.0 Å². The number of ether oxygens (including phenoxy) is 2. The van der Waals surface area contributed by atoms with Gasteiger partial charge < -0.3 is 25.4 Å². The maximum absolute atomic E-state index is 12.9. The maximum atomic E-state index is 12.9. The minimum absolute atomic E-state index is 0.258. The first kappa shape index (κ1) is 23.3. The predicted molar refractivity (Wildman–Crippen MR) is 124 cm³/mol. The SMILES string of the molecule is CCOC(=O)C1=C(CNCCc2ccc(OC)cc2)NC(=O)NC1c1cc(C)ccc1C. The topological polar surface area (TPSA) is 88.7 Å². The van der Waals surface area contributed by atoms with Crippen molar-refractivity contribution >= 4 is 12.0 Å². The number of nitrogens with one attached hydrogen (secondary N) is 3. The molecule has 0 aromatic heterocycles. The zero-order valence-electron chi connectivity index (χ0n) is 19.1. The summed E-state index contributed by atoms with van der Waals surface area (Å²) in [4.78, 5) is 25.3. The lowest BCUT2D eigenvalue weighted by molar-refractivity contribution is -0.139. The quantitative estimate of drug-likeness (QED) is 0.414. The highest BCUT2D eigenvalue weighted by atomic mass is 16.5. The second-order valence-corrected chi connectivity index (χ2v) is 7.78. The van der Waals surface area contributed by atoms with Gasteiger partial charge in [0.25, 0.3) is 0 Å². The van der Waals surface area contributed by atoms with E-state index in [2.05, 4.69) is 16.0 Å². The summed E-state index contributed by atoms with van der Waals surface area (Å²) in [5, 5.41) is 9.04. The Bertz CT molecular complexity index is 999. The van der Waals surface area contributed by atoms with Gasteiger partial charge in [-0.2, -0.15) is 0 Å². The molecule has 7 nitrogen and oxygen atoms in total. The van der Waals surface area contributed by atoms with Crippen LogP contribution in [0.5, 0.6) is 5.75 Å². The van der Waals surface area contributed by atoms with Crippen LogP contribution in [0.15, 0.2) is 53.7 Å². The fourth-order valence-corrected chi connectivity index (χ4v) is 3.75. The van der Waals surface area contributed by atoms with Gasteiger partial charge in [-0.05, 0) is 62.6 Å². The fourth-order valence-electron chi connectivity index (χ4n) is 3.75. The summed E-state index contributed by atoms with van der Waals surface area (Å²) in [7, 11) is 1.64. The lowest BCUT2D eigenvalue weighted by atomic mass is 9.91. The first-order valence-electron chi connectivity index (χ1n) is 10.8. The van der Waals surface area contributed by atoms with Crippen molar-refractivity contribution in [1.29, 1.82) is 0 Å². The number of amides is 2. The normalized spacial score (nSPS) is 15.8. The zero-order valence-corrected chi connectivity index (χ0v) is 19.1. The van der Waals surface area contributed by atoms with Gasteiger partial charge in [0.15, 0.2) is 0 Å². The van der Waals surface area contributed by atoms with Crippen molar-refractivity contribution in [2.45, 2.75) is 33.2 Å². The minimum atomic E-state index is -0.568. The molecule has 0 saturated heterocycles. The van der Waals surface area contributed by atoms with Crippen molar-refractivity contribution in [2.75, 3.05) is 26.8 Å². The molecule has 0 radical (unpaired) electrons. The van der Waals surface area contributed by atoms with E-state index in [0.29, 0.717) is 24.4 Å². The molecular weight excluding hydrogens is 406 g/mol. The molecule has 2 aromatic carbocycles. The van der Waals surface area contributed by atoms with Gasteiger partial charge in [-0.3, -0.25) is 0 Å². The third-order valence-electron chi connectivity index (χ3n) is 5.45. The highest BCUT2D eigenvalue weighted by Gasteiger charge is 2.34. The van der Waals surface area contributed by atoms with Crippen molar-refractivity contribution in [1.82, 2.24) is 16.0 Å². The molecule has 1 aliphatic rings. The largest absolute Gasteiger partial charge is 0.497 e. The zero-order chi connectivity index (χ0) is 23.1. The van der Waals surface area contributed by atoms with Crippen LogP contribution in [0.1, 0.15) is 35.2 Å². The number of urea groups is 1. The van der Waals surface area contributed by atoms with Crippen LogP contribution in [0.4, 0.5) is 4.79 Å². The molecule has 0 spiro atoms. The summed E-state index contributed by atoms with van der Waals surface area (Å²) < 4.78 is 10.5. The highest BCUT2D eigenvalue weighted by molar-refractivity contribution is 5.95. The molecular formula is C25H31N3O4. The van der Waals surface area contributed by atoms with E-state index in [4.69, 9.17) is 9.47 Å². The smallest absolute Gasteiger partial charge is 0.338 e. The predicted octanol–water partition coefficient (Wildman–Crippen LogP) is 3.32. The third kappa shape index (κ3) is 5.68. The summed E-state index contributed by atoms with van der Waals surface area (Å²) in [6, 6.07) is 13.0. The molecule has 32 heavy (non-hydrogen) atoms. The average molecular weight is 438 g/mol. The summed E-state index contributed by atoms with van der Waals surface area (Å²) in [6.45, 7) is 7.02. The number of benzene rings is 2. The number of esters is 1. The van der Waals surface area contributed by atoms with Gasteiger partial charge in [0.05, 0.1) is 25.3 Å². The Hall–Kier alpha value is -3.32. The fraction of sp³-hybridized carbons (Fsp3) is 0.360. The molecule has 2 amide bonds. The van der Waals surface area contributed by atoms with Gasteiger partial charge in [0.2, 0.25) is 0 Å². The van der Waals surface area contributed by atoms with E-state index in [0.717, 1.165) is 28.9 Å². The van der Waals surface area contributed by atoms with Crippen LogP contribution in [0, 0.1) is 13.8 Å². The van der Waals surface area contributed by atoms with Gasteiger partial charge in [-0.1, -0.05) is 35.9 Å². The first-order chi connectivity index (χ1) is 15.4. The van der Waals surface area contributed by atoms with E-state index in [1.165, 1.54) is 5.56 Å². The molecule has 3 rings (SSSR count). The van der Waals surface area contributed by atoms with Crippen molar-refractivity contribution in [3.8, 4) is 5.75 Å². The van der Waals surface area contributed by atoms with E-state index in [1.54, 1.807) is 14.0 Å². The van der Waals surface area contributed by atoms with Crippen molar-refractivity contribution in [2.24, 2.45) is 0 Å². The Morgan fingerprint density at radius 3 is 2.56 bits per heavy atom. The van der Waals surface area contributed by atoms with Crippen LogP contribution >= 0.6 is 0 Å². The van der Waals surface area contributed by atoms with Crippen LogP contribution in [-0.4, -0.2) is 38.8 Å². The molecule has 0 bridgehead atoms. The molecule has 0 aliphatic carbocycles. The lowest BCUT2D eigenvalue weighted by Gasteiger charge is -2.30. The molecule has 3 N–H and O–H groups in total. The standard InChI is InChI=1S/C25H31N3O4/c1-5-32-24(29)22-21(15-26-13-12-18-8-10-19(31-4)11-9-18)27-25(30)28-23(22)20-14-16(2)6-7-17(20)3/h6-11,14,23,26H,5,12-13,15H2,1-4H3,(H2,27,28,30). The van der Waals surface area contributed by atoms with Crippen molar-refractivity contribution < 1.29 is 19.1 Å². The Labute approximate surface area is 189 Å². The van der Waals surface area contributed by atoms with Crippen LogP contribution in [0.25, 0.3) is 0 Å². The Morgan fingerprint density at radius 1 is 1.12 bits per heavy atom. The summed E-state index contributed by atoms with van der Waals surface area (Å²) in [6.07, 6.45) is 0.804. The molecule has 2 aromatic rings. The number of carbonyl (C=O) groups is 2. The number of rotatable bonds is 9. The second-order valence-electron chi connectivity index (χ2n) is 7.78. The van der Waals surface area contributed by atoms with Gasteiger partial charge >= 0.3 is 12.0 Å². The summed E-state index contributed by atoms with van der Waals surface area (Å²) >= 11 is 0. The first-order valence-corrected chi connectivity index (χ1v) is 10.8. The molecule has 0 fully saturated rings. The van der Waals surface area contributed by atoms with E-state index >= 15 is 0 Å². The highest BCUT2D eigenvalue weighted by Crippen LogP contribution is 2.30. The molecule has 7 heteroatoms. The Morgan fingerprint density at radius 2 is 1.88 bits per heavy atom. The second kappa shape index (κ2) is 10.8. The van der Waals surface area contributed by atoms with Crippen LogP contribution < -0.4 is 20.7 Å². The number of carbonyl (C=O) groups excluding carboxylic acids is 2. The number of methoxy groups -OCH3 is 1. The van der Waals surface area contributed by atoms with E-state index < -0.39 is 12.0 Å². The maximum Gasteiger partial charge on any atom is 0.338 e. The van der Waals surface area contributed by atoms with Gasteiger partial charge in [0, 0.05) is 12.2 Å². The van der Waals surface area contributed by atoms with Crippen LogP contribution in [0.2, 0.25) is 0 Å². The van der Waals surface area contributed by atoms with Gasteiger partial charge in [-0.25, -0.2) is 9.59 Å². The molecule has 170 valence electrons. The molecule has 0 saturated carbocycles. The molecule has 1 aliphatic heterocycles. The number of aryl methyl sites for hydroxylation is 2. The van der Waals surface area contributed by atoms with Crippen LogP contribution in [-0.2, 0) is 16.0 Å². The summed E-state index contributed by atoms with van der Waals surface area (Å²) in [5.74, 6) is 0.388. The van der Waals surface area contributed by atoms with Crippen LogP contribution in [0.3, 0.4) is 0 Å². The minimum Gasteiger partial charge on any atom is -0.497 e.